The highest BCUT2D eigenvalue weighted by molar-refractivity contribution is 4.79. The van der Waals surface area contributed by atoms with E-state index >= 15 is 0 Å². The van der Waals surface area contributed by atoms with Gasteiger partial charge in [0.2, 0.25) is 0 Å². The van der Waals surface area contributed by atoms with Crippen molar-refractivity contribution >= 4 is 0 Å². The van der Waals surface area contributed by atoms with Crippen molar-refractivity contribution < 1.29 is 0 Å². The summed E-state index contributed by atoms with van der Waals surface area (Å²) in [6.45, 7) is 0. The van der Waals surface area contributed by atoms with E-state index in [0.29, 0.717) is 6.04 Å². The summed E-state index contributed by atoms with van der Waals surface area (Å²) in [5, 5.41) is 0. The minimum Gasteiger partial charge on any atom is -0.271 e. The van der Waals surface area contributed by atoms with Crippen molar-refractivity contribution in [2.24, 2.45) is 17.7 Å². The van der Waals surface area contributed by atoms with Crippen LogP contribution in [0.3, 0.4) is 0 Å². The molecule has 1 atom stereocenters. The molecule has 0 heterocycles. The van der Waals surface area contributed by atoms with Gasteiger partial charge in [-0.25, -0.2) is 0 Å². The third-order valence-electron chi connectivity index (χ3n) is 4.17. The average Bonchev–Trinajstić information content (AvgIpc) is 2.61. The molecule has 2 aliphatic carbocycles. The van der Waals surface area contributed by atoms with Gasteiger partial charge in [-0.2, -0.15) is 0 Å². The molecule has 0 aromatic carbocycles. The summed E-state index contributed by atoms with van der Waals surface area (Å²) in [4.78, 5) is 0. The monoisotopic (exact) mass is 196 g/mol. The molecule has 0 bridgehead atoms. The lowest BCUT2D eigenvalue weighted by molar-refractivity contribution is 0.241. The lowest BCUT2D eigenvalue weighted by Crippen LogP contribution is -2.38. The Balaban J connectivity index is 1.68. The lowest BCUT2D eigenvalue weighted by Gasteiger charge is -2.30. The summed E-state index contributed by atoms with van der Waals surface area (Å²) >= 11 is 0. The zero-order chi connectivity index (χ0) is 9.80. The van der Waals surface area contributed by atoms with Crippen molar-refractivity contribution in [3.8, 4) is 0 Å². The molecule has 1 unspecified atom stereocenters. The molecule has 14 heavy (non-hydrogen) atoms. The van der Waals surface area contributed by atoms with E-state index in [1.807, 2.05) is 0 Å². The van der Waals surface area contributed by atoms with Gasteiger partial charge in [-0.15, -0.1) is 0 Å². The fourth-order valence-electron chi connectivity index (χ4n) is 3.01. The van der Waals surface area contributed by atoms with Gasteiger partial charge in [-0.1, -0.05) is 44.9 Å². The topological polar surface area (TPSA) is 38.0 Å². The van der Waals surface area contributed by atoms with Crippen molar-refractivity contribution in [3.05, 3.63) is 0 Å². The van der Waals surface area contributed by atoms with Crippen molar-refractivity contribution in [2.45, 2.75) is 63.8 Å². The van der Waals surface area contributed by atoms with Crippen LogP contribution in [0.2, 0.25) is 0 Å². The zero-order valence-corrected chi connectivity index (χ0v) is 9.17. The molecule has 82 valence electrons. The predicted molar refractivity (Wildman–Crippen MR) is 59.6 cm³/mol. The lowest BCUT2D eigenvalue weighted by atomic mass is 9.79. The highest BCUT2D eigenvalue weighted by Gasteiger charge is 2.24. The maximum atomic E-state index is 5.63. The smallest absolute Gasteiger partial charge is 0.0215 e. The molecule has 2 rings (SSSR count). The van der Waals surface area contributed by atoms with E-state index in [9.17, 15) is 0 Å². The van der Waals surface area contributed by atoms with E-state index in [2.05, 4.69) is 5.43 Å². The third-order valence-corrected chi connectivity index (χ3v) is 4.17. The number of nitrogens with two attached hydrogens (primary N) is 1. The van der Waals surface area contributed by atoms with Crippen LogP contribution in [0.4, 0.5) is 0 Å². The first kappa shape index (κ1) is 10.4. The highest BCUT2D eigenvalue weighted by Crippen LogP contribution is 2.34. The van der Waals surface area contributed by atoms with Crippen LogP contribution in [0.1, 0.15) is 57.8 Å². The molecule has 2 saturated carbocycles. The maximum Gasteiger partial charge on any atom is 0.0215 e. The van der Waals surface area contributed by atoms with Crippen LogP contribution in [0.5, 0.6) is 0 Å². The van der Waals surface area contributed by atoms with Gasteiger partial charge in [0.1, 0.15) is 0 Å². The fourth-order valence-corrected chi connectivity index (χ4v) is 3.01. The normalized spacial score (nSPS) is 26.4. The summed E-state index contributed by atoms with van der Waals surface area (Å²) in [6, 6.07) is 0.600. The van der Waals surface area contributed by atoms with E-state index in [1.54, 1.807) is 0 Å². The number of nitrogens with one attached hydrogen (secondary N) is 1. The van der Waals surface area contributed by atoms with Crippen LogP contribution in [0, 0.1) is 11.8 Å². The Labute approximate surface area is 87.6 Å². The van der Waals surface area contributed by atoms with Gasteiger partial charge in [-0.3, -0.25) is 11.3 Å². The Morgan fingerprint density at radius 1 is 0.929 bits per heavy atom. The number of hydrogen-bond donors (Lipinski definition) is 2. The van der Waals surface area contributed by atoms with Crippen LogP contribution in [0.25, 0.3) is 0 Å². The third kappa shape index (κ3) is 2.71. The minimum atomic E-state index is 0.600. The SMILES string of the molecule is NNC(CC1CCCC1)CC1CCC1. The average molecular weight is 196 g/mol. The van der Waals surface area contributed by atoms with Gasteiger partial charge >= 0.3 is 0 Å². The molecule has 2 nitrogen and oxygen atoms in total. The van der Waals surface area contributed by atoms with Crippen LogP contribution in [-0.2, 0) is 0 Å². The zero-order valence-electron chi connectivity index (χ0n) is 9.17. The first-order valence-corrected chi connectivity index (χ1v) is 6.34. The van der Waals surface area contributed by atoms with E-state index in [4.69, 9.17) is 5.84 Å². The van der Waals surface area contributed by atoms with Gasteiger partial charge in [0, 0.05) is 6.04 Å². The summed E-state index contributed by atoms with van der Waals surface area (Å²) in [7, 11) is 0. The second kappa shape index (κ2) is 5.13. The van der Waals surface area contributed by atoms with Gasteiger partial charge in [-0.05, 0) is 24.7 Å². The maximum absolute atomic E-state index is 5.63. The van der Waals surface area contributed by atoms with Gasteiger partial charge in [0.15, 0.2) is 0 Å². The summed E-state index contributed by atoms with van der Waals surface area (Å²) < 4.78 is 0. The largest absolute Gasteiger partial charge is 0.271 e. The Morgan fingerprint density at radius 2 is 1.43 bits per heavy atom. The molecule has 0 aromatic rings. The molecule has 2 fully saturated rings. The van der Waals surface area contributed by atoms with Crippen LogP contribution in [0.15, 0.2) is 0 Å². The second-order valence-electron chi connectivity index (χ2n) is 5.28. The number of rotatable bonds is 5. The Bertz CT molecular complexity index is 160. The van der Waals surface area contributed by atoms with Crippen molar-refractivity contribution in [1.29, 1.82) is 0 Å². The first-order chi connectivity index (χ1) is 6.88. The van der Waals surface area contributed by atoms with Crippen LogP contribution in [-0.4, -0.2) is 6.04 Å². The molecular formula is C12H24N2. The van der Waals surface area contributed by atoms with E-state index in [1.165, 1.54) is 57.8 Å². The fraction of sp³-hybridized carbons (Fsp3) is 1.00. The molecule has 3 N–H and O–H groups in total. The molecule has 0 saturated heterocycles. The summed E-state index contributed by atoms with van der Waals surface area (Å²) in [6.07, 6.45) is 12.8. The van der Waals surface area contributed by atoms with E-state index < -0.39 is 0 Å². The first-order valence-electron chi connectivity index (χ1n) is 6.34. The molecular weight excluding hydrogens is 172 g/mol. The van der Waals surface area contributed by atoms with E-state index in [0.717, 1.165) is 11.8 Å². The molecule has 2 aliphatic rings. The van der Waals surface area contributed by atoms with Gasteiger partial charge in [0.05, 0.1) is 0 Å². The molecule has 2 heteroatoms. The van der Waals surface area contributed by atoms with Crippen LogP contribution < -0.4 is 11.3 Å². The van der Waals surface area contributed by atoms with Gasteiger partial charge < -0.3 is 0 Å². The molecule has 0 amide bonds. The molecule has 0 aliphatic heterocycles. The standard InChI is InChI=1S/C12H24N2/c13-14-12(9-11-6-3-7-11)8-10-4-1-2-5-10/h10-12,14H,1-9,13H2. The quantitative estimate of drug-likeness (QED) is 0.524. The number of hydrogen-bond acceptors (Lipinski definition) is 2. The van der Waals surface area contributed by atoms with Crippen molar-refractivity contribution in [3.63, 3.8) is 0 Å². The summed E-state index contributed by atoms with van der Waals surface area (Å²) in [5.74, 6) is 7.58. The Kier molecular flexibility index (Phi) is 3.82. The molecule has 0 aromatic heterocycles. The Morgan fingerprint density at radius 3 is 1.79 bits per heavy atom. The van der Waals surface area contributed by atoms with Crippen LogP contribution >= 0.6 is 0 Å². The molecule has 0 spiro atoms. The number of hydrazine groups is 1. The Hall–Kier alpha value is -0.0800. The molecule has 0 radical (unpaired) electrons. The van der Waals surface area contributed by atoms with Gasteiger partial charge in [0.25, 0.3) is 0 Å². The van der Waals surface area contributed by atoms with Crippen molar-refractivity contribution in [2.75, 3.05) is 0 Å². The minimum absolute atomic E-state index is 0.600. The van der Waals surface area contributed by atoms with E-state index in [-0.39, 0.29) is 0 Å². The summed E-state index contributed by atoms with van der Waals surface area (Å²) in [5.41, 5.74) is 3.03. The van der Waals surface area contributed by atoms with Crippen molar-refractivity contribution in [1.82, 2.24) is 5.43 Å². The highest BCUT2D eigenvalue weighted by atomic mass is 15.2. The predicted octanol–water partition coefficient (Wildman–Crippen LogP) is 2.59. The second-order valence-corrected chi connectivity index (χ2v) is 5.28.